The average Bonchev–Trinajstić information content (AvgIpc) is 3.01. The Bertz CT molecular complexity index is 961. The van der Waals surface area contributed by atoms with Crippen molar-refractivity contribution in [2.75, 3.05) is 11.0 Å². The molecule has 0 spiro atoms. The fraction of sp³-hybridized carbons (Fsp3) is 0.444. The molecule has 2 unspecified atom stereocenters. The summed E-state index contributed by atoms with van der Waals surface area (Å²) in [5, 5.41) is 1.04. The standard InChI is InChI=1S/C36H49GeIO2/c1-3-5-7-8-9-19-27-35(40-36(31-38)39-30-6-4-2)28-20-29-37(32-21-13-10-14-22-32,33-23-15-11-16-24-33)34-25-17-12-18-26-34/h10-18,20-26,28,35-36H,3-9,19,27,29-31H2,1-2H3/b28-20+. The van der Waals surface area contributed by atoms with E-state index in [2.05, 4.69) is 140 Å². The third-order valence-corrected chi connectivity index (χ3v) is 18.5. The molecule has 0 saturated heterocycles. The predicted octanol–water partition coefficient (Wildman–Crippen LogP) is 8.43. The molecule has 4 heteroatoms. The molecule has 0 bridgehead atoms. The van der Waals surface area contributed by atoms with Crippen molar-refractivity contribution in [2.24, 2.45) is 0 Å². The second-order valence-electron chi connectivity index (χ2n) is 10.7. The molecule has 2 nitrogen and oxygen atoms in total. The van der Waals surface area contributed by atoms with Gasteiger partial charge in [0.25, 0.3) is 0 Å². The Hall–Kier alpha value is -1.41. The molecule has 40 heavy (non-hydrogen) atoms. The summed E-state index contributed by atoms with van der Waals surface area (Å²) < 4.78 is 18.1. The number of benzene rings is 3. The quantitative estimate of drug-likeness (QED) is 0.0293. The first kappa shape index (κ1) is 33.1. The van der Waals surface area contributed by atoms with E-state index in [1.807, 2.05) is 0 Å². The molecule has 0 aliphatic heterocycles. The number of hydrogen-bond acceptors (Lipinski definition) is 2. The van der Waals surface area contributed by atoms with Crippen LogP contribution < -0.4 is 13.2 Å². The molecule has 0 aliphatic carbocycles. The molecule has 0 aliphatic rings. The van der Waals surface area contributed by atoms with Gasteiger partial charge in [0.15, 0.2) is 0 Å². The van der Waals surface area contributed by atoms with E-state index >= 15 is 0 Å². The van der Waals surface area contributed by atoms with E-state index in [-0.39, 0.29) is 12.4 Å². The summed E-state index contributed by atoms with van der Waals surface area (Å²) in [6, 6.07) is 33.7. The van der Waals surface area contributed by atoms with Crippen LogP contribution in [0.5, 0.6) is 0 Å². The third-order valence-electron chi connectivity index (χ3n) is 7.67. The number of unbranched alkanes of at least 4 members (excludes halogenated alkanes) is 6. The van der Waals surface area contributed by atoms with E-state index in [0.717, 1.165) is 35.6 Å². The molecule has 3 aromatic rings. The van der Waals surface area contributed by atoms with Crippen LogP contribution in [-0.4, -0.2) is 36.7 Å². The Kier molecular flexibility index (Phi) is 16.3. The molecule has 2 atom stereocenters. The molecule has 0 amide bonds. The van der Waals surface area contributed by atoms with Gasteiger partial charge in [-0.2, -0.15) is 0 Å². The van der Waals surface area contributed by atoms with E-state index in [1.54, 1.807) is 0 Å². The molecular weight excluding hydrogens is 664 g/mol. The van der Waals surface area contributed by atoms with Crippen LogP contribution in [0.2, 0.25) is 5.25 Å². The summed E-state index contributed by atoms with van der Waals surface area (Å²) in [6.07, 6.45) is 15.8. The van der Waals surface area contributed by atoms with Crippen LogP contribution in [0.3, 0.4) is 0 Å². The van der Waals surface area contributed by atoms with E-state index in [0.29, 0.717) is 0 Å². The number of allylic oxidation sites excluding steroid dienone is 1. The first-order chi connectivity index (χ1) is 19.7. The molecule has 0 radical (unpaired) electrons. The van der Waals surface area contributed by atoms with Gasteiger partial charge in [-0.3, -0.25) is 0 Å². The predicted molar refractivity (Wildman–Crippen MR) is 184 cm³/mol. The number of alkyl halides is 1. The van der Waals surface area contributed by atoms with Gasteiger partial charge in [0.2, 0.25) is 0 Å². The van der Waals surface area contributed by atoms with E-state index < -0.39 is 13.3 Å². The Balaban J connectivity index is 1.88. The van der Waals surface area contributed by atoms with Crippen molar-refractivity contribution in [3.05, 3.63) is 103 Å². The van der Waals surface area contributed by atoms with Crippen molar-refractivity contribution in [3.8, 4) is 0 Å². The van der Waals surface area contributed by atoms with E-state index in [1.165, 1.54) is 51.7 Å². The summed E-state index contributed by atoms with van der Waals surface area (Å²) >= 11 is -0.592. The van der Waals surface area contributed by atoms with Gasteiger partial charge >= 0.3 is 262 Å². The third kappa shape index (κ3) is 10.5. The summed E-state index contributed by atoms with van der Waals surface area (Å²) in [7, 11) is 0. The van der Waals surface area contributed by atoms with Crippen molar-refractivity contribution >= 4 is 49.0 Å². The zero-order valence-electron chi connectivity index (χ0n) is 24.6. The number of ether oxygens (including phenoxy) is 2. The summed E-state index contributed by atoms with van der Waals surface area (Å²) in [6.45, 7) is 5.26. The van der Waals surface area contributed by atoms with Crippen molar-refractivity contribution in [1.29, 1.82) is 0 Å². The molecule has 0 heterocycles. The van der Waals surface area contributed by atoms with Gasteiger partial charge in [0.05, 0.1) is 0 Å². The van der Waals surface area contributed by atoms with Crippen LogP contribution in [0, 0.1) is 0 Å². The maximum absolute atomic E-state index is 6.61. The maximum atomic E-state index is 6.61. The first-order valence-electron chi connectivity index (χ1n) is 15.4. The molecule has 0 N–H and O–H groups in total. The Morgan fingerprint density at radius 3 is 1.68 bits per heavy atom. The van der Waals surface area contributed by atoms with E-state index in [4.69, 9.17) is 9.47 Å². The number of hydrogen-bond donors (Lipinski definition) is 0. The first-order valence-corrected chi connectivity index (χ1v) is 21.6. The topological polar surface area (TPSA) is 18.5 Å². The SMILES string of the molecule is CCCCCCCCC(/C=C/[CH2][Ge]([c]1ccccc1)([c]1ccccc1)[c]1ccccc1)OC(CI)OCCCC. The van der Waals surface area contributed by atoms with Gasteiger partial charge < -0.3 is 0 Å². The minimum atomic E-state index is -3.00. The van der Waals surface area contributed by atoms with Crippen LogP contribution in [0.4, 0.5) is 0 Å². The van der Waals surface area contributed by atoms with Crippen LogP contribution in [0.15, 0.2) is 103 Å². The zero-order valence-corrected chi connectivity index (χ0v) is 28.9. The van der Waals surface area contributed by atoms with Gasteiger partial charge in [-0.25, -0.2) is 0 Å². The van der Waals surface area contributed by atoms with Crippen molar-refractivity contribution < 1.29 is 9.47 Å². The molecule has 0 fully saturated rings. The van der Waals surface area contributed by atoms with Gasteiger partial charge in [0.1, 0.15) is 0 Å². The monoisotopic (exact) mass is 714 g/mol. The van der Waals surface area contributed by atoms with Crippen molar-refractivity contribution in [1.82, 2.24) is 0 Å². The van der Waals surface area contributed by atoms with Crippen LogP contribution in [0.1, 0.15) is 71.6 Å². The van der Waals surface area contributed by atoms with Crippen LogP contribution >= 0.6 is 22.6 Å². The van der Waals surface area contributed by atoms with E-state index in [9.17, 15) is 0 Å². The zero-order chi connectivity index (χ0) is 28.3. The average molecular weight is 713 g/mol. The Morgan fingerprint density at radius 1 is 0.675 bits per heavy atom. The molecule has 3 aromatic carbocycles. The van der Waals surface area contributed by atoms with Crippen molar-refractivity contribution in [3.63, 3.8) is 0 Å². The summed E-state index contributed by atoms with van der Waals surface area (Å²) in [4.78, 5) is 0. The van der Waals surface area contributed by atoms with Gasteiger partial charge in [-0.1, -0.05) is 0 Å². The fourth-order valence-electron chi connectivity index (χ4n) is 5.43. The van der Waals surface area contributed by atoms with Gasteiger partial charge in [-0.15, -0.1) is 0 Å². The molecule has 0 aromatic heterocycles. The number of rotatable bonds is 20. The van der Waals surface area contributed by atoms with Crippen LogP contribution in [-0.2, 0) is 9.47 Å². The van der Waals surface area contributed by atoms with Crippen LogP contribution in [0.25, 0.3) is 0 Å². The fourth-order valence-corrected chi connectivity index (χ4v) is 15.3. The van der Waals surface area contributed by atoms with Gasteiger partial charge in [0, 0.05) is 0 Å². The normalized spacial score (nSPS) is 13.5. The number of halogens is 1. The minimum absolute atomic E-state index is 0.0787. The molecule has 3 rings (SSSR count). The second-order valence-corrected chi connectivity index (χ2v) is 19.8. The summed E-state index contributed by atoms with van der Waals surface area (Å²) in [5.41, 5.74) is 0. The Labute approximate surface area is 260 Å². The molecule has 0 saturated carbocycles. The second kappa shape index (κ2) is 19.7. The van der Waals surface area contributed by atoms with Crippen molar-refractivity contribution in [2.45, 2.75) is 89.3 Å². The molecule has 216 valence electrons. The van der Waals surface area contributed by atoms with Gasteiger partial charge in [-0.05, 0) is 0 Å². The summed E-state index contributed by atoms with van der Waals surface area (Å²) in [5.74, 6) is 0. The Morgan fingerprint density at radius 2 is 1.18 bits per heavy atom. The molecular formula is C36H49GeIO2.